The van der Waals surface area contributed by atoms with E-state index in [1.54, 1.807) is 13.4 Å². The van der Waals surface area contributed by atoms with E-state index in [-0.39, 0.29) is 6.61 Å². The number of ether oxygens (including phenoxy) is 1. The minimum Gasteiger partial charge on any atom is -0.497 e. The summed E-state index contributed by atoms with van der Waals surface area (Å²) in [5, 5.41) is 9.50. The van der Waals surface area contributed by atoms with Gasteiger partial charge in [-0.05, 0) is 61.6 Å². The van der Waals surface area contributed by atoms with Crippen molar-refractivity contribution in [3.05, 3.63) is 42.2 Å². The summed E-state index contributed by atoms with van der Waals surface area (Å²) in [6, 6.07) is 10.6. The second-order valence-corrected chi connectivity index (χ2v) is 8.36. The van der Waals surface area contributed by atoms with Gasteiger partial charge >= 0.3 is 0 Å². The number of benzene rings is 1. The summed E-state index contributed by atoms with van der Waals surface area (Å²) in [5.74, 6) is 4.02. The summed E-state index contributed by atoms with van der Waals surface area (Å²) in [5.41, 5.74) is 1.36. The van der Waals surface area contributed by atoms with E-state index < -0.39 is 0 Å². The molecule has 6 nitrogen and oxygen atoms in total. The monoisotopic (exact) mass is 396 g/mol. The van der Waals surface area contributed by atoms with E-state index in [1.165, 1.54) is 18.4 Å². The third-order valence-corrected chi connectivity index (χ3v) is 6.34. The van der Waals surface area contributed by atoms with Crippen molar-refractivity contribution in [3.63, 3.8) is 0 Å². The third-order valence-electron chi connectivity index (χ3n) is 6.34. The lowest BCUT2D eigenvalue weighted by Gasteiger charge is -2.35. The molecule has 0 amide bonds. The van der Waals surface area contributed by atoms with E-state index in [0.29, 0.717) is 11.8 Å². The van der Waals surface area contributed by atoms with Crippen LogP contribution in [-0.2, 0) is 6.42 Å². The molecule has 0 spiro atoms. The molecule has 0 saturated carbocycles. The first-order chi connectivity index (χ1) is 14.2. The molecule has 2 aliphatic rings. The molecule has 1 N–H and O–H groups in total. The molecule has 0 aliphatic carbocycles. The van der Waals surface area contributed by atoms with Crippen LogP contribution < -0.4 is 14.5 Å². The molecule has 6 heteroatoms. The maximum absolute atomic E-state index is 9.50. The normalized spacial score (nSPS) is 20.7. The fraction of sp³-hybridized carbons (Fsp3) is 0.565. The number of aromatic nitrogens is 2. The maximum atomic E-state index is 9.50. The summed E-state index contributed by atoms with van der Waals surface area (Å²) in [4.78, 5) is 13.7. The Bertz CT molecular complexity index is 792. The minimum absolute atomic E-state index is 0.259. The Hall–Kier alpha value is -2.34. The fourth-order valence-corrected chi connectivity index (χ4v) is 4.60. The molecule has 2 saturated heterocycles. The molecule has 4 rings (SSSR count). The largest absolute Gasteiger partial charge is 0.497 e. The lowest BCUT2D eigenvalue weighted by molar-refractivity contribution is 0.208. The van der Waals surface area contributed by atoms with Crippen molar-refractivity contribution in [2.45, 2.75) is 32.1 Å². The van der Waals surface area contributed by atoms with Gasteiger partial charge in [-0.25, -0.2) is 9.97 Å². The Morgan fingerprint density at radius 2 is 1.79 bits per heavy atom. The lowest BCUT2D eigenvalue weighted by atomic mass is 9.90. The van der Waals surface area contributed by atoms with Gasteiger partial charge in [0.1, 0.15) is 23.7 Å². The average molecular weight is 397 g/mol. The minimum atomic E-state index is 0.259. The summed E-state index contributed by atoms with van der Waals surface area (Å²) >= 11 is 0. The van der Waals surface area contributed by atoms with Crippen molar-refractivity contribution in [3.8, 4) is 5.75 Å². The highest BCUT2D eigenvalue weighted by atomic mass is 16.5. The van der Waals surface area contributed by atoms with Gasteiger partial charge in [-0.15, -0.1) is 0 Å². The topological polar surface area (TPSA) is 61.7 Å². The molecule has 0 bridgehead atoms. The first-order valence-electron chi connectivity index (χ1n) is 10.8. The van der Waals surface area contributed by atoms with E-state index >= 15 is 0 Å². The van der Waals surface area contributed by atoms with Crippen molar-refractivity contribution in [2.24, 2.45) is 11.8 Å². The van der Waals surface area contributed by atoms with E-state index in [9.17, 15) is 5.11 Å². The molecule has 156 valence electrons. The molecule has 1 aromatic carbocycles. The van der Waals surface area contributed by atoms with E-state index in [0.717, 1.165) is 62.8 Å². The van der Waals surface area contributed by atoms with Crippen molar-refractivity contribution < 1.29 is 9.84 Å². The van der Waals surface area contributed by atoms with Gasteiger partial charge in [0.05, 0.1) is 7.11 Å². The highest BCUT2D eigenvalue weighted by molar-refractivity contribution is 5.50. The van der Waals surface area contributed by atoms with Crippen LogP contribution in [-0.4, -0.2) is 55.0 Å². The standard InChI is InChI=1S/C23H32N4O2/c1-29-21-6-2-4-19(13-21)12-18-7-10-26(11-8-18)22-14-23(25-17-24-22)27-9-3-5-20(15-27)16-28/h2,4,6,13-14,17-18,20,28H,3,5,7-12,15-16H2,1H3. The molecule has 3 heterocycles. The zero-order valence-corrected chi connectivity index (χ0v) is 17.3. The number of aliphatic hydroxyl groups is 1. The van der Waals surface area contributed by atoms with Crippen molar-refractivity contribution in [1.29, 1.82) is 0 Å². The summed E-state index contributed by atoms with van der Waals surface area (Å²) < 4.78 is 5.35. The molecule has 1 unspecified atom stereocenters. The van der Waals surface area contributed by atoms with Crippen LogP contribution in [0.2, 0.25) is 0 Å². The summed E-state index contributed by atoms with van der Waals surface area (Å²) in [6.45, 7) is 4.22. The third kappa shape index (κ3) is 4.99. The lowest BCUT2D eigenvalue weighted by Crippen LogP contribution is -2.38. The Morgan fingerprint density at radius 3 is 2.55 bits per heavy atom. The van der Waals surface area contributed by atoms with Crippen LogP contribution >= 0.6 is 0 Å². The number of nitrogens with zero attached hydrogens (tertiary/aromatic N) is 4. The van der Waals surface area contributed by atoms with Crippen LogP contribution in [0, 0.1) is 11.8 Å². The van der Waals surface area contributed by atoms with Gasteiger partial charge in [-0.1, -0.05) is 12.1 Å². The maximum Gasteiger partial charge on any atom is 0.134 e. The number of hydrogen-bond donors (Lipinski definition) is 1. The number of piperidine rings is 2. The van der Waals surface area contributed by atoms with Gasteiger partial charge in [-0.2, -0.15) is 0 Å². The van der Waals surface area contributed by atoms with Crippen LogP contribution in [0.15, 0.2) is 36.7 Å². The van der Waals surface area contributed by atoms with Crippen LogP contribution in [0.5, 0.6) is 5.75 Å². The second kappa shape index (κ2) is 9.44. The number of hydrogen-bond acceptors (Lipinski definition) is 6. The summed E-state index contributed by atoms with van der Waals surface area (Å²) in [6.07, 6.45) is 7.36. The first kappa shape index (κ1) is 20.0. The van der Waals surface area contributed by atoms with Crippen molar-refractivity contribution in [1.82, 2.24) is 9.97 Å². The quantitative estimate of drug-likeness (QED) is 0.809. The van der Waals surface area contributed by atoms with Gasteiger partial charge in [0.15, 0.2) is 0 Å². The summed E-state index contributed by atoms with van der Waals surface area (Å²) in [7, 11) is 1.72. The smallest absolute Gasteiger partial charge is 0.134 e. The SMILES string of the molecule is COc1cccc(CC2CCN(c3cc(N4CCCC(CO)C4)ncn3)CC2)c1. The molecule has 2 fully saturated rings. The highest BCUT2D eigenvalue weighted by Crippen LogP contribution is 2.28. The zero-order chi connectivity index (χ0) is 20.1. The van der Waals surface area contributed by atoms with Gasteiger partial charge in [0, 0.05) is 38.9 Å². The second-order valence-electron chi connectivity index (χ2n) is 8.36. The Kier molecular flexibility index (Phi) is 6.49. The molecule has 0 radical (unpaired) electrons. The van der Waals surface area contributed by atoms with E-state index in [1.807, 2.05) is 6.07 Å². The van der Waals surface area contributed by atoms with Gasteiger partial charge < -0.3 is 19.6 Å². The highest BCUT2D eigenvalue weighted by Gasteiger charge is 2.23. The van der Waals surface area contributed by atoms with Gasteiger partial charge in [-0.3, -0.25) is 0 Å². The van der Waals surface area contributed by atoms with Crippen molar-refractivity contribution in [2.75, 3.05) is 49.7 Å². The van der Waals surface area contributed by atoms with E-state index in [4.69, 9.17) is 4.74 Å². The predicted octanol–water partition coefficient (Wildman–Crippen LogP) is 3.15. The van der Waals surface area contributed by atoms with Crippen molar-refractivity contribution >= 4 is 11.6 Å². The molecule has 2 aromatic rings. The number of methoxy groups -OCH3 is 1. The number of anilines is 2. The molecular formula is C23H32N4O2. The number of aliphatic hydroxyl groups excluding tert-OH is 1. The Morgan fingerprint density at radius 1 is 1.00 bits per heavy atom. The van der Waals surface area contributed by atoms with Crippen LogP contribution in [0.1, 0.15) is 31.2 Å². The predicted molar refractivity (Wildman–Crippen MR) is 116 cm³/mol. The Labute approximate surface area is 173 Å². The van der Waals surface area contributed by atoms with Gasteiger partial charge in [0.25, 0.3) is 0 Å². The van der Waals surface area contributed by atoms with Gasteiger partial charge in [0.2, 0.25) is 0 Å². The molecule has 1 aromatic heterocycles. The van der Waals surface area contributed by atoms with Crippen LogP contribution in [0.25, 0.3) is 0 Å². The molecular weight excluding hydrogens is 364 g/mol. The van der Waals surface area contributed by atoms with Crippen LogP contribution in [0.4, 0.5) is 11.6 Å². The fourth-order valence-electron chi connectivity index (χ4n) is 4.60. The molecule has 29 heavy (non-hydrogen) atoms. The zero-order valence-electron chi connectivity index (χ0n) is 17.3. The first-order valence-corrected chi connectivity index (χ1v) is 10.8. The average Bonchev–Trinajstić information content (AvgIpc) is 2.80. The van der Waals surface area contributed by atoms with Crippen LogP contribution in [0.3, 0.4) is 0 Å². The molecule has 1 atom stereocenters. The number of rotatable bonds is 6. The Balaban J connectivity index is 1.35. The van der Waals surface area contributed by atoms with E-state index in [2.05, 4.69) is 44.0 Å². The molecule has 2 aliphatic heterocycles.